The molecule has 1 unspecified atom stereocenters. The minimum Gasteiger partial charge on any atom is -0.469 e. The molecule has 2 N–H and O–H groups in total. The molecule has 96 valence electrons. The maximum Gasteiger partial charge on any atom is 0.311 e. The van der Waals surface area contributed by atoms with Gasteiger partial charge in [0.1, 0.15) is 0 Å². The van der Waals surface area contributed by atoms with Crippen molar-refractivity contribution in [2.24, 2.45) is 11.1 Å². The highest BCUT2D eigenvalue weighted by atomic mass is 32.1. The van der Waals surface area contributed by atoms with Crippen molar-refractivity contribution in [2.75, 3.05) is 7.11 Å². The lowest BCUT2D eigenvalue weighted by atomic mass is 9.85. The molecule has 1 aromatic rings. The third-order valence-electron chi connectivity index (χ3n) is 2.88. The molecule has 0 saturated carbocycles. The van der Waals surface area contributed by atoms with Crippen LogP contribution in [0.4, 0.5) is 0 Å². The first-order valence-electron chi connectivity index (χ1n) is 5.69. The van der Waals surface area contributed by atoms with Crippen molar-refractivity contribution in [1.29, 1.82) is 0 Å². The average molecular weight is 255 g/mol. The molecule has 1 atom stereocenters. The molecule has 0 saturated heterocycles. The molecule has 1 heterocycles. The van der Waals surface area contributed by atoms with Crippen molar-refractivity contribution in [3.05, 3.63) is 21.4 Å². The number of nitrogens with two attached hydrogens (primary N) is 1. The second kappa shape index (κ2) is 5.19. The van der Waals surface area contributed by atoms with E-state index in [-0.39, 0.29) is 12.0 Å². The molecular weight excluding hydrogens is 234 g/mol. The zero-order chi connectivity index (χ0) is 13.2. The highest BCUT2D eigenvalue weighted by Crippen LogP contribution is 2.34. The van der Waals surface area contributed by atoms with Crippen molar-refractivity contribution < 1.29 is 9.53 Å². The summed E-state index contributed by atoms with van der Waals surface area (Å²) < 4.78 is 4.80. The van der Waals surface area contributed by atoms with Crippen LogP contribution in [0.3, 0.4) is 0 Å². The van der Waals surface area contributed by atoms with E-state index in [1.165, 1.54) is 22.4 Å². The third-order valence-corrected chi connectivity index (χ3v) is 4.17. The fourth-order valence-corrected chi connectivity index (χ4v) is 3.07. The van der Waals surface area contributed by atoms with E-state index in [0.717, 1.165) is 0 Å². The molecule has 3 nitrogen and oxygen atoms in total. The molecule has 17 heavy (non-hydrogen) atoms. The first-order chi connectivity index (χ1) is 7.77. The molecule has 0 bridgehead atoms. The fraction of sp³-hybridized carbons (Fsp3) is 0.615. The summed E-state index contributed by atoms with van der Waals surface area (Å²) in [4.78, 5) is 14.0. The summed E-state index contributed by atoms with van der Waals surface area (Å²) in [5.74, 6) is -0.209. The van der Waals surface area contributed by atoms with E-state index < -0.39 is 5.41 Å². The van der Waals surface area contributed by atoms with E-state index in [9.17, 15) is 4.79 Å². The summed E-state index contributed by atoms with van der Waals surface area (Å²) in [6.07, 6.45) is 0.598. The van der Waals surface area contributed by atoms with Crippen LogP contribution in [0.1, 0.15) is 41.6 Å². The summed E-state index contributed by atoms with van der Waals surface area (Å²) in [6, 6.07) is 2.02. The van der Waals surface area contributed by atoms with Crippen molar-refractivity contribution in [3.8, 4) is 0 Å². The summed E-state index contributed by atoms with van der Waals surface area (Å²) in [7, 11) is 1.41. The van der Waals surface area contributed by atoms with Gasteiger partial charge in [-0.05, 0) is 45.7 Å². The quantitative estimate of drug-likeness (QED) is 0.842. The average Bonchev–Trinajstić information content (AvgIpc) is 2.56. The van der Waals surface area contributed by atoms with Crippen LogP contribution in [-0.4, -0.2) is 13.1 Å². The summed E-state index contributed by atoms with van der Waals surface area (Å²) in [6.45, 7) is 7.87. The summed E-state index contributed by atoms with van der Waals surface area (Å²) in [5.41, 5.74) is 6.86. The standard InChI is InChI=1S/C13H21NO2S/c1-8-6-9(2)17-11(8)10(14)7-13(3,4)12(15)16-5/h6,10H,7,14H2,1-5H3. The Hall–Kier alpha value is -0.870. The van der Waals surface area contributed by atoms with Crippen LogP contribution in [0.15, 0.2) is 6.07 Å². The molecule has 4 heteroatoms. The molecule has 0 amide bonds. The van der Waals surface area contributed by atoms with Crippen molar-refractivity contribution in [2.45, 2.75) is 40.2 Å². The molecule has 0 aliphatic carbocycles. The van der Waals surface area contributed by atoms with Crippen molar-refractivity contribution >= 4 is 17.3 Å². The lowest BCUT2D eigenvalue weighted by Gasteiger charge is -2.25. The van der Waals surface area contributed by atoms with Crippen LogP contribution in [0, 0.1) is 19.3 Å². The molecular formula is C13H21NO2S. The molecule has 0 aliphatic heterocycles. The number of thiophene rings is 1. The summed E-state index contributed by atoms with van der Waals surface area (Å²) in [5, 5.41) is 0. The molecule has 0 aromatic carbocycles. The van der Waals surface area contributed by atoms with Gasteiger partial charge in [0.05, 0.1) is 12.5 Å². The number of esters is 1. The minimum atomic E-state index is -0.543. The lowest BCUT2D eigenvalue weighted by Crippen LogP contribution is -2.30. The lowest BCUT2D eigenvalue weighted by molar-refractivity contribution is -0.151. The SMILES string of the molecule is COC(=O)C(C)(C)CC(N)c1sc(C)cc1C. The minimum absolute atomic E-state index is 0.109. The van der Waals surface area contributed by atoms with Gasteiger partial charge < -0.3 is 10.5 Å². The van der Waals surface area contributed by atoms with Crippen molar-refractivity contribution in [1.82, 2.24) is 0 Å². The molecule has 0 aliphatic rings. The monoisotopic (exact) mass is 255 g/mol. The molecule has 1 rings (SSSR count). The van der Waals surface area contributed by atoms with Crippen LogP contribution in [0.25, 0.3) is 0 Å². The predicted octanol–water partition coefficient (Wildman–Crippen LogP) is 2.95. The van der Waals surface area contributed by atoms with E-state index in [2.05, 4.69) is 19.9 Å². The zero-order valence-corrected chi connectivity index (χ0v) is 12.0. The largest absolute Gasteiger partial charge is 0.469 e. The van der Waals surface area contributed by atoms with E-state index in [1.54, 1.807) is 11.3 Å². The summed E-state index contributed by atoms with van der Waals surface area (Å²) >= 11 is 1.71. The fourth-order valence-electron chi connectivity index (χ4n) is 2.03. The second-order valence-corrected chi connectivity index (χ2v) is 6.38. The van der Waals surface area contributed by atoms with E-state index in [1.807, 2.05) is 13.8 Å². The van der Waals surface area contributed by atoms with Gasteiger partial charge in [-0.25, -0.2) is 0 Å². The Labute approximate surface area is 107 Å². The topological polar surface area (TPSA) is 52.3 Å². The molecule has 0 fully saturated rings. The van der Waals surface area contributed by atoms with Gasteiger partial charge in [-0.2, -0.15) is 0 Å². The van der Waals surface area contributed by atoms with Gasteiger partial charge in [-0.1, -0.05) is 0 Å². The Kier molecular flexibility index (Phi) is 4.33. The maximum atomic E-state index is 11.6. The van der Waals surface area contributed by atoms with Gasteiger partial charge in [-0.15, -0.1) is 11.3 Å². The van der Waals surface area contributed by atoms with Crippen molar-refractivity contribution in [3.63, 3.8) is 0 Å². The van der Waals surface area contributed by atoms with Gasteiger partial charge in [0.25, 0.3) is 0 Å². The number of methoxy groups -OCH3 is 1. The first-order valence-corrected chi connectivity index (χ1v) is 6.50. The number of hydrogen-bond acceptors (Lipinski definition) is 4. The van der Waals surface area contributed by atoms with Gasteiger partial charge in [-0.3, -0.25) is 4.79 Å². The Bertz CT molecular complexity index is 410. The van der Waals surface area contributed by atoms with Crippen LogP contribution in [0.2, 0.25) is 0 Å². The number of aryl methyl sites for hydroxylation is 2. The van der Waals surface area contributed by atoms with Crippen LogP contribution in [0.5, 0.6) is 0 Å². The molecule has 0 radical (unpaired) electrons. The highest BCUT2D eigenvalue weighted by Gasteiger charge is 2.32. The van der Waals surface area contributed by atoms with E-state index in [0.29, 0.717) is 6.42 Å². The Balaban J connectivity index is 2.82. The van der Waals surface area contributed by atoms with Gasteiger partial charge in [0.15, 0.2) is 0 Å². The Morgan fingerprint density at radius 3 is 2.53 bits per heavy atom. The number of carbonyl (C=O) groups is 1. The second-order valence-electron chi connectivity index (χ2n) is 5.09. The number of hydrogen-bond donors (Lipinski definition) is 1. The smallest absolute Gasteiger partial charge is 0.311 e. The van der Waals surface area contributed by atoms with Crippen LogP contribution in [-0.2, 0) is 9.53 Å². The number of rotatable bonds is 4. The Morgan fingerprint density at radius 1 is 1.53 bits per heavy atom. The Morgan fingerprint density at radius 2 is 2.12 bits per heavy atom. The van der Waals surface area contributed by atoms with Crippen LogP contribution < -0.4 is 5.73 Å². The van der Waals surface area contributed by atoms with E-state index in [4.69, 9.17) is 10.5 Å². The maximum absolute atomic E-state index is 11.6. The normalized spacial score (nSPS) is 13.5. The molecule has 0 spiro atoms. The van der Waals surface area contributed by atoms with Crippen LogP contribution >= 0.6 is 11.3 Å². The van der Waals surface area contributed by atoms with Gasteiger partial charge in [0.2, 0.25) is 0 Å². The van der Waals surface area contributed by atoms with Gasteiger partial charge >= 0.3 is 5.97 Å². The van der Waals surface area contributed by atoms with Gasteiger partial charge in [0, 0.05) is 15.8 Å². The number of carbonyl (C=O) groups excluding carboxylic acids is 1. The predicted molar refractivity (Wildman–Crippen MR) is 71.1 cm³/mol. The van der Waals surface area contributed by atoms with E-state index >= 15 is 0 Å². The highest BCUT2D eigenvalue weighted by molar-refractivity contribution is 7.12. The third kappa shape index (κ3) is 3.30. The molecule has 1 aromatic heterocycles. The zero-order valence-electron chi connectivity index (χ0n) is 11.2. The number of ether oxygens (including phenoxy) is 1. The first kappa shape index (κ1) is 14.2.